The predicted molar refractivity (Wildman–Crippen MR) is 160 cm³/mol. The molecule has 0 aromatic heterocycles. The van der Waals surface area contributed by atoms with Crippen LogP contribution in [0.1, 0.15) is 68.3 Å². The van der Waals surface area contributed by atoms with Crippen LogP contribution in [0.4, 0.5) is 5.69 Å². The Morgan fingerprint density at radius 3 is 2.31 bits per heavy atom. The quantitative estimate of drug-likeness (QED) is 0.161. The van der Waals surface area contributed by atoms with Crippen LogP contribution in [0.25, 0.3) is 0 Å². The van der Waals surface area contributed by atoms with Gasteiger partial charge >= 0.3 is 5.97 Å². The fraction of sp³-hybridized carbons (Fsp3) is 0.533. The van der Waals surface area contributed by atoms with Crippen LogP contribution in [-0.4, -0.2) is 74.7 Å². The highest BCUT2D eigenvalue weighted by Crippen LogP contribution is 2.33. The molecule has 1 aliphatic rings. The van der Waals surface area contributed by atoms with Crippen molar-refractivity contribution in [3.63, 3.8) is 0 Å². The molecule has 1 saturated carbocycles. The van der Waals surface area contributed by atoms with Gasteiger partial charge in [0, 0.05) is 24.2 Å². The molecule has 0 spiro atoms. The molecule has 1 fully saturated rings. The maximum absolute atomic E-state index is 12.7. The fourth-order valence-electron chi connectivity index (χ4n) is 4.93. The normalized spacial score (nSPS) is 18.6. The Bertz CT molecular complexity index is 1290. The molecular weight excluding hydrogens is 562 g/mol. The maximum Gasteiger partial charge on any atom is 0.328 e. The summed E-state index contributed by atoms with van der Waals surface area (Å²) in [6.45, 7) is 6.06. The smallest absolute Gasteiger partial charge is 0.328 e. The number of sulfonamides is 1. The third-order valence-electron chi connectivity index (χ3n) is 7.21. The molecule has 5 N–H and O–H groups in total. The topological polar surface area (TPSA) is 163 Å². The van der Waals surface area contributed by atoms with Gasteiger partial charge in [0.2, 0.25) is 10.0 Å². The molecule has 3 rings (SSSR count). The van der Waals surface area contributed by atoms with Gasteiger partial charge in [0.1, 0.15) is 30.3 Å². The highest BCUT2D eigenvalue weighted by Gasteiger charge is 2.27. The SMILES string of the molecule is CCOC(=O)[C@@H](NC(=O)c1ccc([C@H]2CC[C@H](NC[C@H](O)COc3ccc(O)c(NS(C)(=O)=O)c3)CC2)cc1)C(C)C. The van der Waals surface area contributed by atoms with Crippen molar-refractivity contribution < 1.29 is 37.7 Å². The van der Waals surface area contributed by atoms with E-state index in [2.05, 4.69) is 15.4 Å². The highest BCUT2D eigenvalue weighted by atomic mass is 32.2. The number of carbonyl (C=O) groups is 2. The molecule has 232 valence electrons. The molecule has 2 aromatic rings. The molecule has 1 aliphatic carbocycles. The average Bonchev–Trinajstić information content (AvgIpc) is 2.94. The lowest BCUT2D eigenvalue weighted by Crippen LogP contribution is -2.45. The average molecular weight is 606 g/mol. The van der Waals surface area contributed by atoms with Crippen LogP contribution in [0.2, 0.25) is 0 Å². The number of amides is 1. The summed E-state index contributed by atoms with van der Waals surface area (Å²) in [4.78, 5) is 24.9. The molecule has 2 aromatic carbocycles. The second-order valence-corrected chi connectivity index (χ2v) is 12.8. The Kier molecular flexibility index (Phi) is 12.0. The Morgan fingerprint density at radius 1 is 1.05 bits per heavy atom. The van der Waals surface area contributed by atoms with Crippen LogP contribution in [-0.2, 0) is 19.6 Å². The number of aromatic hydroxyl groups is 1. The predicted octanol–water partition coefficient (Wildman–Crippen LogP) is 3.14. The Balaban J connectivity index is 1.42. The van der Waals surface area contributed by atoms with Crippen LogP contribution in [0.3, 0.4) is 0 Å². The van der Waals surface area contributed by atoms with Crippen LogP contribution in [0.15, 0.2) is 42.5 Å². The minimum atomic E-state index is -3.56. The van der Waals surface area contributed by atoms with Crippen molar-refractivity contribution in [2.45, 2.75) is 70.6 Å². The summed E-state index contributed by atoms with van der Waals surface area (Å²) in [5, 5.41) is 26.4. The molecule has 0 unspecified atom stereocenters. The molecule has 0 heterocycles. The first kappa shape index (κ1) is 33.2. The number of carbonyl (C=O) groups excluding carboxylic acids is 2. The van der Waals surface area contributed by atoms with E-state index in [9.17, 15) is 28.2 Å². The first-order valence-corrected chi connectivity index (χ1v) is 16.2. The van der Waals surface area contributed by atoms with E-state index in [-0.39, 0.29) is 42.5 Å². The molecule has 1 amide bonds. The lowest BCUT2D eigenvalue weighted by molar-refractivity contribution is -0.146. The lowest BCUT2D eigenvalue weighted by atomic mass is 9.81. The van der Waals surface area contributed by atoms with Gasteiger partial charge in [0.25, 0.3) is 5.91 Å². The molecule has 12 heteroatoms. The lowest BCUT2D eigenvalue weighted by Gasteiger charge is -2.30. The highest BCUT2D eigenvalue weighted by molar-refractivity contribution is 7.92. The summed E-state index contributed by atoms with van der Waals surface area (Å²) < 4.78 is 35.8. The van der Waals surface area contributed by atoms with E-state index in [4.69, 9.17) is 9.47 Å². The van der Waals surface area contributed by atoms with E-state index in [1.807, 2.05) is 26.0 Å². The number of nitrogens with one attached hydrogen (secondary N) is 3. The minimum absolute atomic E-state index is 0.00304. The number of hydrogen-bond donors (Lipinski definition) is 5. The number of benzene rings is 2. The van der Waals surface area contributed by atoms with Crippen LogP contribution < -0.4 is 20.1 Å². The summed E-state index contributed by atoms with van der Waals surface area (Å²) in [6.07, 6.45) is 4.03. The third kappa shape index (κ3) is 10.2. The second kappa shape index (κ2) is 15.2. The molecule has 2 atom stereocenters. The largest absolute Gasteiger partial charge is 0.506 e. The Hall–Kier alpha value is -3.35. The number of ether oxygens (including phenoxy) is 2. The number of esters is 1. The van der Waals surface area contributed by atoms with Crippen molar-refractivity contribution in [1.82, 2.24) is 10.6 Å². The first-order valence-electron chi connectivity index (χ1n) is 14.3. The van der Waals surface area contributed by atoms with Crippen molar-refractivity contribution >= 4 is 27.6 Å². The van der Waals surface area contributed by atoms with Crippen molar-refractivity contribution in [2.24, 2.45) is 5.92 Å². The molecule has 11 nitrogen and oxygen atoms in total. The van der Waals surface area contributed by atoms with Crippen LogP contribution in [0.5, 0.6) is 11.5 Å². The van der Waals surface area contributed by atoms with Gasteiger partial charge in [-0.05, 0) is 74.3 Å². The molecule has 0 saturated heterocycles. The van der Waals surface area contributed by atoms with Crippen molar-refractivity contribution in [3.05, 3.63) is 53.6 Å². The summed E-state index contributed by atoms with van der Waals surface area (Å²) in [7, 11) is -3.56. The molecule has 42 heavy (non-hydrogen) atoms. The standard InChI is InChI=1S/C30H43N3O8S/c1-5-40-30(37)28(19(2)3)32-29(36)22-8-6-20(7-9-22)21-10-12-23(13-11-21)31-17-24(34)18-41-25-14-15-27(35)26(16-25)33-42(4,38)39/h6-9,14-16,19,21,23-24,28,31,33-35H,5,10-13,17-18H2,1-4H3,(H,32,36)/t21-,23-,24-,28-/m0/s1. The molecular formula is C30H43N3O8S. The van der Waals surface area contributed by atoms with Gasteiger partial charge in [-0.1, -0.05) is 26.0 Å². The molecule has 0 aliphatic heterocycles. The number of phenolic OH excluding ortho intramolecular Hbond substituents is 1. The molecule has 0 radical (unpaired) electrons. The van der Waals surface area contributed by atoms with Crippen molar-refractivity contribution in [1.29, 1.82) is 0 Å². The second-order valence-electron chi connectivity index (χ2n) is 11.0. The van der Waals surface area contributed by atoms with E-state index in [0.29, 0.717) is 23.8 Å². The first-order chi connectivity index (χ1) is 19.9. The van der Waals surface area contributed by atoms with E-state index in [0.717, 1.165) is 31.9 Å². The van der Waals surface area contributed by atoms with Gasteiger partial charge in [0.05, 0.1) is 18.6 Å². The molecule has 0 bridgehead atoms. The Labute approximate surface area is 248 Å². The number of aliphatic hydroxyl groups is 1. The zero-order chi connectivity index (χ0) is 30.9. The maximum atomic E-state index is 12.7. The van der Waals surface area contributed by atoms with E-state index < -0.39 is 28.1 Å². The van der Waals surface area contributed by atoms with Gasteiger partial charge in [-0.2, -0.15) is 0 Å². The van der Waals surface area contributed by atoms with Gasteiger partial charge in [-0.3, -0.25) is 9.52 Å². The van der Waals surface area contributed by atoms with Crippen LogP contribution >= 0.6 is 0 Å². The number of phenols is 1. The number of hydrogen-bond acceptors (Lipinski definition) is 9. The summed E-state index contributed by atoms with van der Waals surface area (Å²) in [6, 6.07) is 11.3. The minimum Gasteiger partial charge on any atom is -0.506 e. The van der Waals surface area contributed by atoms with Crippen molar-refractivity contribution in [2.75, 3.05) is 30.7 Å². The number of aliphatic hydroxyl groups excluding tert-OH is 1. The third-order valence-corrected chi connectivity index (χ3v) is 7.80. The summed E-state index contributed by atoms with van der Waals surface area (Å²) in [5.41, 5.74) is 1.67. The van der Waals surface area contributed by atoms with Gasteiger partial charge in [0.15, 0.2) is 0 Å². The van der Waals surface area contributed by atoms with Crippen LogP contribution in [0, 0.1) is 5.92 Å². The monoisotopic (exact) mass is 605 g/mol. The van der Waals surface area contributed by atoms with Gasteiger partial charge in [-0.15, -0.1) is 0 Å². The number of rotatable bonds is 14. The van der Waals surface area contributed by atoms with Gasteiger partial charge < -0.3 is 30.3 Å². The van der Waals surface area contributed by atoms with E-state index >= 15 is 0 Å². The van der Waals surface area contributed by atoms with Gasteiger partial charge in [-0.25, -0.2) is 13.2 Å². The van der Waals surface area contributed by atoms with E-state index in [1.165, 1.54) is 23.8 Å². The number of anilines is 1. The zero-order valence-electron chi connectivity index (χ0n) is 24.6. The zero-order valence-corrected chi connectivity index (χ0v) is 25.4. The van der Waals surface area contributed by atoms with Crippen molar-refractivity contribution in [3.8, 4) is 11.5 Å². The Morgan fingerprint density at radius 2 is 1.71 bits per heavy atom. The summed E-state index contributed by atoms with van der Waals surface area (Å²) >= 11 is 0. The summed E-state index contributed by atoms with van der Waals surface area (Å²) in [5.74, 6) is -0.360. The van der Waals surface area contributed by atoms with E-state index in [1.54, 1.807) is 19.1 Å². The fourth-order valence-corrected chi connectivity index (χ4v) is 5.50.